The number of rotatable bonds is 3. The van der Waals surface area contributed by atoms with E-state index in [0.29, 0.717) is 0 Å². The summed E-state index contributed by atoms with van der Waals surface area (Å²) in [7, 11) is 0. The van der Waals surface area contributed by atoms with E-state index in [9.17, 15) is 4.79 Å². The van der Waals surface area contributed by atoms with Gasteiger partial charge < -0.3 is 5.73 Å². The maximum absolute atomic E-state index is 10.4. The van der Waals surface area contributed by atoms with E-state index in [4.69, 9.17) is 5.73 Å². The minimum Gasteiger partial charge on any atom is -0.370 e. The summed E-state index contributed by atoms with van der Waals surface area (Å²) in [5.41, 5.74) is 5.87. The molecule has 1 aromatic rings. The molecule has 0 spiro atoms. The fraction of sp³-hybridized carbons (Fsp3) is 0.125. The first kappa shape index (κ1) is 9.19. The summed E-state index contributed by atoms with van der Waals surface area (Å²) < 4.78 is 0.890. The molecule has 4 heteroatoms. The van der Waals surface area contributed by atoms with Gasteiger partial charge >= 0.3 is 0 Å². The highest BCUT2D eigenvalue weighted by Gasteiger charge is 1.98. The van der Waals surface area contributed by atoms with Gasteiger partial charge in [-0.05, 0) is 27.6 Å². The van der Waals surface area contributed by atoms with Crippen molar-refractivity contribution < 1.29 is 4.79 Å². The quantitative estimate of drug-likeness (QED) is 0.846. The van der Waals surface area contributed by atoms with Crippen molar-refractivity contribution in [3.63, 3.8) is 0 Å². The molecular formula is C8H8BrN2O. The second-order valence-electron chi connectivity index (χ2n) is 2.31. The van der Waals surface area contributed by atoms with Crippen LogP contribution < -0.4 is 5.73 Å². The fourth-order valence-corrected chi connectivity index (χ4v) is 1.14. The predicted molar refractivity (Wildman–Crippen MR) is 49.2 cm³/mol. The Kier molecular flexibility index (Phi) is 3.22. The van der Waals surface area contributed by atoms with Gasteiger partial charge in [0, 0.05) is 29.7 Å². The number of halogens is 1. The number of pyridine rings is 1. The Morgan fingerprint density at radius 1 is 1.67 bits per heavy atom. The molecule has 0 aliphatic rings. The summed E-state index contributed by atoms with van der Waals surface area (Å²) in [4.78, 5) is 14.3. The van der Waals surface area contributed by atoms with Crippen molar-refractivity contribution in [1.29, 1.82) is 0 Å². The van der Waals surface area contributed by atoms with Crippen molar-refractivity contribution in [2.24, 2.45) is 5.73 Å². The largest absolute Gasteiger partial charge is 0.370 e. The molecule has 0 unspecified atom stereocenters. The van der Waals surface area contributed by atoms with Gasteiger partial charge in [-0.25, -0.2) is 0 Å². The van der Waals surface area contributed by atoms with Crippen LogP contribution in [0.4, 0.5) is 0 Å². The summed E-state index contributed by atoms with van der Waals surface area (Å²) in [5.74, 6) is -0.338. The molecule has 1 rings (SSSR count). The summed E-state index contributed by atoms with van der Waals surface area (Å²) in [5, 5.41) is 0. The molecule has 0 saturated heterocycles. The number of nitrogens with zero attached hydrogens (tertiary/aromatic N) is 1. The smallest absolute Gasteiger partial charge is 0.218 e. The van der Waals surface area contributed by atoms with E-state index in [1.54, 1.807) is 18.8 Å². The minimum atomic E-state index is -0.338. The van der Waals surface area contributed by atoms with Crippen molar-refractivity contribution in [2.45, 2.75) is 6.42 Å². The second-order valence-corrected chi connectivity index (χ2v) is 3.23. The van der Waals surface area contributed by atoms with E-state index in [1.165, 1.54) is 0 Å². The predicted octanol–water partition coefficient (Wildman–Crippen LogP) is 1.27. The Morgan fingerprint density at radius 2 is 2.42 bits per heavy atom. The van der Waals surface area contributed by atoms with Gasteiger partial charge in [0.15, 0.2) is 0 Å². The standard InChI is InChI=1S/C8H8BrN2O/c9-7-3-6(4-11-5-7)1-2-8(10)12/h1,3-5H,2H2,(H2,10,12). The van der Waals surface area contributed by atoms with Gasteiger partial charge in [0.05, 0.1) is 0 Å². The van der Waals surface area contributed by atoms with Gasteiger partial charge in [-0.15, -0.1) is 0 Å². The molecule has 1 amide bonds. The lowest BCUT2D eigenvalue weighted by molar-refractivity contribution is -0.117. The van der Waals surface area contributed by atoms with Crippen LogP contribution in [0, 0.1) is 6.42 Å². The topological polar surface area (TPSA) is 56.0 Å². The molecule has 2 N–H and O–H groups in total. The van der Waals surface area contributed by atoms with Crippen LogP contribution in [-0.2, 0) is 4.79 Å². The maximum atomic E-state index is 10.4. The van der Waals surface area contributed by atoms with Crippen LogP contribution in [0.1, 0.15) is 12.0 Å². The molecule has 0 fully saturated rings. The van der Waals surface area contributed by atoms with Crippen molar-refractivity contribution >= 4 is 21.8 Å². The lowest BCUT2D eigenvalue weighted by Crippen LogP contribution is -2.10. The number of amides is 1. The molecule has 0 bridgehead atoms. The number of carbonyl (C=O) groups is 1. The van der Waals surface area contributed by atoms with Crippen LogP contribution in [-0.4, -0.2) is 10.9 Å². The zero-order valence-corrected chi connectivity index (χ0v) is 7.91. The first-order valence-electron chi connectivity index (χ1n) is 3.40. The Bertz CT molecular complexity index is 288. The van der Waals surface area contributed by atoms with Crippen LogP contribution in [0.2, 0.25) is 0 Å². The Hall–Kier alpha value is -0.900. The summed E-state index contributed by atoms with van der Waals surface area (Å²) in [6, 6.07) is 1.87. The van der Waals surface area contributed by atoms with E-state index in [1.807, 2.05) is 6.07 Å². The van der Waals surface area contributed by atoms with Crippen molar-refractivity contribution in [3.05, 3.63) is 34.9 Å². The molecule has 0 aliphatic heterocycles. The van der Waals surface area contributed by atoms with Crippen molar-refractivity contribution in [3.8, 4) is 0 Å². The zero-order valence-electron chi connectivity index (χ0n) is 6.33. The fourth-order valence-electron chi connectivity index (χ4n) is 0.758. The summed E-state index contributed by atoms with van der Waals surface area (Å²) in [6.45, 7) is 0. The molecule has 63 valence electrons. The first-order valence-corrected chi connectivity index (χ1v) is 4.20. The van der Waals surface area contributed by atoms with Crippen molar-refractivity contribution in [1.82, 2.24) is 4.98 Å². The number of aromatic nitrogens is 1. The summed E-state index contributed by atoms with van der Waals surface area (Å²) >= 11 is 3.27. The van der Waals surface area contributed by atoms with Gasteiger partial charge in [-0.2, -0.15) is 0 Å². The Balaban J connectivity index is 2.57. The minimum absolute atomic E-state index is 0.248. The molecule has 0 atom stereocenters. The van der Waals surface area contributed by atoms with Gasteiger partial charge in [0.2, 0.25) is 5.91 Å². The highest BCUT2D eigenvalue weighted by atomic mass is 79.9. The van der Waals surface area contributed by atoms with Gasteiger partial charge in [0.1, 0.15) is 0 Å². The SMILES string of the molecule is NC(=O)C[CH]c1cncc(Br)c1. The molecule has 1 aromatic heterocycles. The van der Waals surface area contributed by atoms with E-state index < -0.39 is 0 Å². The van der Waals surface area contributed by atoms with Crippen molar-refractivity contribution in [2.75, 3.05) is 0 Å². The molecule has 1 heterocycles. The molecule has 0 aliphatic carbocycles. The average Bonchev–Trinajstić information content (AvgIpc) is 2.01. The van der Waals surface area contributed by atoms with Crippen LogP contribution in [0.15, 0.2) is 22.9 Å². The average molecular weight is 228 g/mol. The number of hydrogen-bond acceptors (Lipinski definition) is 2. The summed E-state index contributed by atoms with van der Waals surface area (Å²) in [6.07, 6.45) is 5.34. The van der Waals surface area contributed by atoms with Crippen LogP contribution in [0.25, 0.3) is 0 Å². The Morgan fingerprint density at radius 3 is 3.00 bits per heavy atom. The number of primary amides is 1. The van der Waals surface area contributed by atoms with Crippen LogP contribution in [0.3, 0.4) is 0 Å². The molecule has 12 heavy (non-hydrogen) atoms. The maximum Gasteiger partial charge on any atom is 0.218 e. The van der Waals surface area contributed by atoms with Gasteiger partial charge in [-0.1, -0.05) is 0 Å². The third-order valence-corrected chi connectivity index (χ3v) is 1.70. The van der Waals surface area contributed by atoms with E-state index in [0.717, 1.165) is 10.0 Å². The monoisotopic (exact) mass is 227 g/mol. The van der Waals surface area contributed by atoms with Gasteiger partial charge in [-0.3, -0.25) is 9.78 Å². The second kappa shape index (κ2) is 4.21. The normalized spacial score (nSPS) is 9.75. The molecule has 0 aromatic carbocycles. The lowest BCUT2D eigenvalue weighted by atomic mass is 10.1. The first-order chi connectivity index (χ1) is 5.68. The molecule has 3 nitrogen and oxygen atoms in total. The third kappa shape index (κ3) is 3.00. The number of nitrogens with two attached hydrogens (primary N) is 1. The lowest BCUT2D eigenvalue weighted by Gasteiger charge is -1.97. The van der Waals surface area contributed by atoms with E-state index >= 15 is 0 Å². The van der Waals surface area contributed by atoms with E-state index in [-0.39, 0.29) is 12.3 Å². The van der Waals surface area contributed by atoms with Gasteiger partial charge in [0.25, 0.3) is 0 Å². The van der Waals surface area contributed by atoms with E-state index in [2.05, 4.69) is 20.9 Å². The van der Waals surface area contributed by atoms with Crippen LogP contribution in [0.5, 0.6) is 0 Å². The zero-order chi connectivity index (χ0) is 8.97. The Labute approximate surface area is 79.1 Å². The highest BCUT2D eigenvalue weighted by Crippen LogP contribution is 2.11. The van der Waals surface area contributed by atoms with Crippen LogP contribution >= 0.6 is 15.9 Å². The third-order valence-electron chi connectivity index (χ3n) is 1.26. The molecular weight excluding hydrogens is 220 g/mol. The molecule has 0 saturated carbocycles. The molecule has 1 radical (unpaired) electrons. The highest BCUT2D eigenvalue weighted by molar-refractivity contribution is 9.10. The number of hydrogen-bond donors (Lipinski definition) is 1. The number of carbonyl (C=O) groups excluding carboxylic acids is 1.